The van der Waals surface area contributed by atoms with Crippen molar-refractivity contribution in [2.45, 2.75) is 32.3 Å². The van der Waals surface area contributed by atoms with Crippen molar-refractivity contribution in [1.29, 1.82) is 0 Å². The molecule has 4 nitrogen and oxygen atoms in total. The third kappa shape index (κ3) is 2.87. The maximum absolute atomic E-state index is 12.4. The molecule has 0 saturated heterocycles. The van der Waals surface area contributed by atoms with Crippen LogP contribution in [0, 0.1) is 0 Å². The van der Waals surface area contributed by atoms with Crippen molar-refractivity contribution in [2.75, 3.05) is 26.2 Å². The molecule has 5 heteroatoms. The minimum absolute atomic E-state index is 0. The molecule has 0 bridgehead atoms. The Labute approximate surface area is 131 Å². The lowest BCUT2D eigenvalue weighted by Crippen LogP contribution is -2.28. The van der Waals surface area contributed by atoms with Gasteiger partial charge in [0.2, 0.25) is 5.78 Å². The first-order valence-electron chi connectivity index (χ1n) is 7.42. The predicted octanol–water partition coefficient (Wildman–Crippen LogP) is 2.94. The SMILES string of the molecule is CCN(CC)CCOc1cccc2c1C(=O)C1(CC1)O2.Cl. The fourth-order valence-corrected chi connectivity index (χ4v) is 2.69. The smallest absolute Gasteiger partial charge is 0.213 e. The average Bonchev–Trinajstić information content (AvgIpc) is 3.18. The van der Waals surface area contributed by atoms with Crippen molar-refractivity contribution < 1.29 is 14.3 Å². The van der Waals surface area contributed by atoms with Gasteiger partial charge in [0.25, 0.3) is 0 Å². The van der Waals surface area contributed by atoms with E-state index in [0.717, 1.165) is 32.5 Å². The predicted molar refractivity (Wildman–Crippen MR) is 83.9 cm³/mol. The monoisotopic (exact) mass is 311 g/mol. The molecular weight excluding hydrogens is 290 g/mol. The molecule has 1 saturated carbocycles. The highest BCUT2D eigenvalue weighted by molar-refractivity contribution is 6.11. The lowest BCUT2D eigenvalue weighted by molar-refractivity contribution is 0.0818. The van der Waals surface area contributed by atoms with Gasteiger partial charge in [-0.25, -0.2) is 0 Å². The van der Waals surface area contributed by atoms with Gasteiger partial charge in [-0.2, -0.15) is 0 Å². The van der Waals surface area contributed by atoms with Crippen LogP contribution >= 0.6 is 12.4 Å². The van der Waals surface area contributed by atoms with Crippen molar-refractivity contribution in [3.63, 3.8) is 0 Å². The van der Waals surface area contributed by atoms with Crippen LogP contribution in [0.5, 0.6) is 11.5 Å². The van der Waals surface area contributed by atoms with Crippen LogP contribution in [0.25, 0.3) is 0 Å². The van der Waals surface area contributed by atoms with Crippen molar-refractivity contribution in [2.24, 2.45) is 0 Å². The molecule has 21 heavy (non-hydrogen) atoms. The number of nitrogens with zero attached hydrogens (tertiary/aromatic N) is 1. The van der Waals surface area contributed by atoms with Crippen LogP contribution in [0.3, 0.4) is 0 Å². The summed E-state index contributed by atoms with van der Waals surface area (Å²) in [6, 6.07) is 5.61. The van der Waals surface area contributed by atoms with Gasteiger partial charge < -0.3 is 14.4 Å². The summed E-state index contributed by atoms with van der Waals surface area (Å²) >= 11 is 0. The highest BCUT2D eigenvalue weighted by Crippen LogP contribution is 2.51. The standard InChI is InChI=1S/C16H21NO3.ClH/c1-3-17(4-2)10-11-19-12-6-5-7-13-14(12)15(18)16(20-13)8-9-16;/h5-7H,3-4,8-11H2,1-2H3;1H. The van der Waals surface area contributed by atoms with Gasteiger partial charge in [0.1, 0.15) is 23.7 Å². The fraction of sp³-hybridized carbons (Fsp3) is 0.562. The van der Waals surface area contributed by atoms with Crippen molar-refractivity contribution >= 4 is 18.2 Å². The Morgan fingerprint density at radius 1 is 1.29 bits per heavy atom. The number of fused-ring (bicyclic) bond motifs is 1. The largest absolute Gasteiger partial charge is 0.491 e. The summed E-state index contributed by atoms with van der Waals surface area (Å²) in [7, 11) is 0. The van der Waals surface area contributed by atoms with E-state index in [9.17, 15) is 4.79 Å². The third-order valence-corrected chi connectivity index (χ3v) is 4.20. The van der Waals surface area contributed by atoms with Gasteiger partial charge >= 0.3 is 0 Å². The molecule has 2 aliphatic rings. The number of benzene rings is 1. The van der Waals surface area contributed by atoms with Gasteiger partial charge in [0, 0.05) is 6.54 Å². The Balaban J connectivity index is 0.00000161. The van der Waals surface area contributed by atoms with Crippen LogP contribution in [0.15, 0.2) is 18.2 Å². The van der Waals surface area contributed by atoms with Crippen LogP contribution in [0.2, 0.25) is 0 Å². The number of ether oxygens (including phenoxy) is 2. The molecule has 0 amide bonds. The number of likely N-dealkylation sites (N-methyl/N-ethyl adjacent to an activating group) is 1. The fourth-order valence-electron chi connectivity index (χ4n) is 2.69. The Hall–Kier alpha value is -1.26. The van der Waals surface area contributed by atoms with E-state index in [0.29, 0.717) is 23.7 Å². The lowest BCUT2D eigenvalue weighted by atomic mass is 10.1. The number of carbonyl (C=O) groups is 1. The zero-order chi connectivity index (χ0) is 14.2. The molecule has 1 aliphatic heterocycles. The summed E-state index contributed by atoms with van der Waals surface area (Å²) in [4.78, 5) is 14.7. The number of ketones is 1. The number of Topliss-reactive ketones (excluding diaryl/α,β-unsaturated/α-hetero) is 1. The molecule has 1 aromatic carbocycles. The van der Waals surface area contributed by atoms with E-state index in [1.807, 2.05) is 18.2 Å². The minimum atomic E-state index is -0.541. The first-order valence-corrected chi connectivity index (χ1v) is 7.42. The molecule has 0 N–H and O–H groups in total. The molecular formula is C16H22ClNO3. The molecule has 0 radical (unpaired) electrons. The van der Waals surface area contributed by atoms with Crippen molar-refractivity contribution in [1.82, 2.24) is 4.90 Å². The number of carbonyl (C=O) groups excluding carboxylic acids is 1. The molecule has 1 aromatic rings. The summed E-state index contributed by atoms with van der Waals surface area (Å²) < 4.78 is 11.6. The van der Waals surface area contributed by atoms with Crippen molar-refractivity contribution in [3.8, 4) is 11.5 Å². The van der Waals surface area contributed by atoms with Gasteiger partial charge in [-0.3, -0.25) is 4.79 Å². The van der Waals surface area contributed by atoms with Crippen LogP contribution in [0.1, 0.15) is 37.0 Å². The zero-order valence-corrected chi connectivity index (χ0v) is 13.4. The quantitative estimate of drug-likeness (QED) is 0.809. The molecule has 3 rings (SSSR count). The third-order valence-electron chi connectivity index (χ3n) is 4.20. The van der Waals surface area contributed by atoms with E-state index in [4.69, 9.17) is 9.47 Å². The summed E-state index contributed by atoms with van der Waals surface area (Å²) in [6.45, 7) is 7.76. The van der Waals surface area contributed by atoms with E-state index >= 15 is 0 Å². The zero-order valence-electron chi connectivity index (χ0n) is 12.6. The molecule has 1 spiro atoms. The molecule has 1 heterocycles. The topological polar surface area (TPSA) is 38.8 Å². The second-order valence-corrected chi connectivity index (χ2v) is 5.43. The highest BCUT2D eigenvalue weighted by atomic mass is 35.5. The number of halogens is 1. The first-order chi connectivity index (χ1) is 9.70. The van der Waals surface area contributed by atoms with Gasteiger partial charge in [-0.05, 0) is 38.1 Å². The number of rotatable bonds is 6. The molecule has 1 aliphatic carbocycles. The summed E-state index contributed by atoms with van der Waals surface area (Å²) in [5.41, 5.74) is 0.102. The van der Waals surface area contributed by atoms with Crippen LogP contribution in [0.4, 0.5) is 0 Å². The van der Waals surface area contributed by atoms with Gasteiger partial charge in [-0.15, -0.1) is 12.4 Å². The van der Waals surface area contributed by atoms with Gasteiger partial charge in [0.05, 0.1) is 0 Å². The molecule has 0 atom stereocenters. The molecule has 0 aromatic heterocycles. The summed E-state index contributed by atoms with van der Waals surface area (Å²) in [6.07, 6.45) is 1.67. The number of hydrogen-bond donors (Lipinski definition) is 0. The summed E-state index contributed by atoms with van der Waals surface area (Å²) in [5.74, 6) is 1.46. The van der Waals surface area contributed by atoms with Gasteiger partial charge in [-0.1, -0.05) is 19.9 Å². The molecule has 116 valence electrons. The van der Waals surface area contributed by atoms with Crippen LogP contribution in [-0.4, -0.2) is 42.5 Å². The Kier molecular flexibility index (Phi) is 4.79. The van der Waals surface area contributed by atoms with Crippen LogP contribution < -0.4 is 9.47 Å². The Bertz CT molecular complexity index is 524. The Morgan fingerprint density at radius 3 is 2.62 bits per heavy atom. The van der Waals surface area contributed by atoms with E-state index in [2.05, 4.69) is 18.7 Å². The Morgan fingerprint density at radius 2 is 2.00 bits per heavy atom. The van der Waals surface area contributed by atoms with E-state index in [1.165, 1.54) is 0 Å². The second-order valence-electron chi connectivity index (χ2n) is 5.43. The number of hydrogen-bond acceptors (Lipinski definition) is 4. The highest BCUT2D eigenvalue weighted by Gasteiger charge is 2.58. The molecule has 0 unspecified atom stereocenters. The average molecular weight is 312 g/mol. The van der Waals surface area contributed by atoms with Crippen molar-refractivity contribution in [3.05, 3.63) is 23.8 Å². The van der Waals surface area contributed by atoms with E-state index < -0.39 is 5.60 Å². The maximum atomic E-state index is 12.4. The molecule has 1 fully saturated rings. The van der Waals surface area contributed by atoms with E-state index in [-0.39, 0.29) is 18.2 Å². The second kappa shape index (κ2) is 6.24. The van der Waals surface area contributed by atoms with Crippen LogP contribution in [-0.2, 0) is 0 Å². The lowest BCUT2D eigenvalue weighted by Gasteiger charge is -2.18. The normalized spacial score (nSPS) is 17.4. The van der Waals surface area contributed by atoms with Gasteiger partial charge in [0.15, 0.2) is 5.60 Å². The van der Waals surface area contributed by atoms with E-state index in [1.54, 1.807) is 0 Å². The minimum Gasteiger partial charge on any atom is -0.491 e. The first kappa shape index (κ1) is 16.1. The summed E-state index contributed by atoms with van der Waals surface area (Å²) in [5, 5.41) is 0. The maximum Gasteiger partial charge on any atom is 0.213 e.